The minimum atomic E-state index is -3.18. The van der Waals surface area contributed by atoms with E-state index < -0.39 is 6.19 Å². The third-order valence-corrected chi connectivity index (χ3v) is 5.24. The highest BCUT2D eigenvalue weighted by atomic mass is 35.9. The maximum Gasteiger partial charge on any atom is 0.369 e. The first-order valence-electron chi connectivity index (χ1n) is 6.53. The molecule has 0 saturated carbocycles. The van der Waals surface area contributed by atoms with Crippen molar-refractivity contribution in [3.63, 3.8) is 0 Å². The Morgan fingerprint density at radius 3 is 1.50 bits per heavy atom. The number of benzene rings is 1. The van der Waals surface area contributed by atoms with Crippen molar-refractivity contribution in [1.82, 2.24) is 0 Å². The van der Waals surface area contributed by atoms with E-state index in [1.54, 1.807) is 7.11 Å². The molecule has 0 radical (unpaired) electrons. The van der Waals surface area contributed by atoms with E-state index in [9.17, 15) is 4.89 Å². The molecule has 0 fully saturated rings. The van der Waals surface area contributed by atoms with Crippen LogP contribution in [0, 0.1) is 0 Å². The predicted octanol–water partition coefficient (Wildman–Crippen LogP) is 5.15. The highest BCUT2D eigenvalue weighted by Crippen LogP contribution is 2.66. The van der Waals surface area contributed by atoms with Crippen molar-refractivity contribution >= 4 is 34.0 Å². The monoisotopic (exact) mass is 337 g/mol. The van der Waals surface area contributed by atoms with Gasteiger partial charge in [-0.1, -0.05) is 41.5 Å². The Bertz CT molecular complexity index is 459. The van der Waals surface area contributed by atoms with Crippen LogP contribution >= 0.6 is 28.7 Å². The fourth-order valence-electron chi connectivity index (χ4n) is 2.16. The molecule has 0 heterocycles. The number of halogens is 2. The second-order valence-corrected chi connectivity index (χ2v) is 11.9. The Morgan fingerprint density at radius 1 is 0.950 bits per heavy atom. The summed E-state index contributed by atoms with van der Waals surface area (Å²) in [5, 5.41) is 0.668. The summed E-state index contributed by atoms with van der Waals surface area (Å²) in [6.45, 7) is 12.4. The van der Waals surface area contributed by atoms with Crippen LogP contribution in [0.5, 0.6) is 5.75 Å². The molecule has 1 aromatic carbocycles. The van der Waals surface area contributed by atoms with E-state index >= 15 is 0 Å². The molecular weight excluding hydrogens is 314 g/mol. The predicted molar refractivity (Wildman–Crippen MR) is 90.9 cm³/mol. The molecule has 0 aromatic heterocycles. The van der Waals surface area contributed by atoms with E-state index in [4.69, 9.17) is 27.2 Å². The van der Waals surface area contributed by atoms with E-state index in [0.717, 1.165) is 16.9 Å². The molecule has 0 saturated heterocycles. The maximum atomic E-state index is 10.3. The van der Waals surface area contributed by atoms with Crippen molar-refractivity contribution in [2.45, 2.75) is 52.4 Å². The van der Waals surface area contributed by atoms with Crippen molar-refractivity contribution in [2.24, 2.45) is 0 Å². The highest BCUT2D eigenvalue weighted by Gasteiger charge is 2.45. The van der Waals surface area contributed by atoms with Crippen LogP contribution in [0.4, 0.5) is 0 Å². The van der Waals surface area contributed by atoms with Crippen LogP contribution in [0.15, 0.2) is 12.1 Å². The summed E-state index contributed by atoms with van der Waals surface area (Å²) < 4.78 is 5.40. The minimum absolute atomic E-state index is 0.193. The van der Waals surface area contributed by atoms with Gasteiger partial charge in [0.15, 0.2) is 5.30 Å². The van der Waals surface area contributed by atoms with Crippen molar-refractivity contribution in [2.75, 3.05) is 7.11 Å². The quantitative estimate of drug-likeness (QED) is 0.756. The Labute approximate surface area is 132 Å². The van der Waals surface area contributed by atoms with Crippen molar-refractivity contribution in [3.8, 4) is 5.75 Å². The lowest BCUT2D eigenvalue weighted by atomic mass is 9.80. The van der Waals surface area contributed by atoms with Crippen LogP contribution in [0.25, 0.3) is 0 Å². The fraction of sp³-hybridized carbons (Fsp3) is 0.600. The first kappa shape index (κ1) is 18.0. The summed E-state index contributed by atoms with van der Waals surface area (Å²) in [5.74, 6) is 0.755. The standard InChI is InChI=1S/C15H24Cl2O2P/c1-14(2,3)11-8-10(19-7)9-12(15(4,5)6)13(11)20(16,17)18/h8-9,18H,1-7H3/q+1. The Balaban J connectivity index is 3.83. The summed E-state index contributed by atoms with van der Waals surface area (Å²) in [5.41, 5.74) is 1.48. The Kier molecular flexibility index (Phi) is 5.09. The molecule has 0 aliphatic heterocycles. The summed E-state index contributed by atoms with van der Waals surface area (Å²) in [6, 6.07) is 3.83. The van der Waals surface area contributed by atoms with E-state index in [-0.39, 0.29) is 10.8 Å². The summed E-state index contributed by atoms with van der Waals surface area (Å²) in [7, 11) is 1.64. The van der Waals surface area contributed by atoms with Gasteiger partial charge in [-0.15, -0.1) is 0 Å². The summed E-state index contributed by atoms with van der Waals surface area (Å²) in [4.78, 5) is 10.3. The van der Waals surface area contributed by atoms with Gasteiger partial charge in [-0.2, -0.15) is 0 Å². The van der Waals surface area contributed by atoms with Crippen LogP contribution in [0.3, 0.4) is 0 Å². The number of hydrogen-bond acceptors (Lipinski definition) is 2. The van der Waals surface area contributed by atoms with E-state index in [2.05, 4.69) is 41.5 Å². The zero-order valence-corrected chi connectivity index (χ0v) is 15.6. The van der Waals surface area contributed by atoms with Crippen LogP contribution in [-0.4, -0.2) is 12.0 Å². The van der Waals surface area contributed by atoms with Crippen LogP contribution < -0.4 is 10.0 Å². The Morgan fingerprint density at radius 2 is 1.30 bits per heavy atom. The minimum Gasteiger partial charge on any atom is -0.497 e. The molecule has 1 rings (SSSR count). The number of ether oxygens (including phenoxy) is 1. The van der Waals surface area contributed by atoms with Gasteiger partial charge < -0.3 is 4.74 Å². The van der Waals surface area contributed by atoms with Gasteiger partial charge in [0, 0.05) is 11.1 Å². The average Bonchev–Trinajstić information content (AvgIpc) is 2.23. The lowest BCUT2D eigenvalue weighted by molar-refractivity contribution is 0.410. The second kappa shape index (κ2) is 5.65. The molecule has 1 N–H and O–H groups in total. The molecule has 0 aliphatic rings. The van der Waals surface area contributed by atoms with Crippen LogP contribution in [-0.2, 0) is 10.8 Å². The lowest BCUT2D eigenvalue weighted by Crippen LogP contribution is -2.30. The maximum absolute atomic E-state index is 10.3. The first-order valence-corrected chi connectivity index (χ1v) is 10.1. The third-order valence-electron chi connectivity index (χ3n) is 3.20. The molecule has 5 heteroatoms. The van der Waals surface area contributed by atoms with Crippen molar-refractivity contribution < 1.29 is 9.63 Å². The van der Waals surface area contributed by atoms with Gasteiger partial charge in [-0.25, -0.2) is 4.89 Å². The molecule has 2 nitrogen and oxygen atoms in total. The zero-order chi connectivity index (χ0) is 15.9. The third kappa shape index (κ3) is 4.01. The molecule has 20 heavy (non-hydrogen) atoms. The van der Waals surface area contributed by atoms with Gasteiger partial charge in [-0.3, -0.25) is 0 Å². The zero-order valence-electron chi connectivity index (χ0n) is 13.2. The van der Waals surface area contributed by atoms with Gasteiger partial charge in [-0.05, 0) is 23.0 Å². The van der Waals surface area contributed by atoms with E-state index in [1.807, 2.05) is 12.1 Å². The summed E-state index contributed by atoms with van der Waals surface area (Å²) in [6.07, 6.45) is -3.18. The molecular formula is C15H24Cl2O2P+. The van der Waals surface area contributed by atoms with Crippen molar-refractivity contribution in [3.05, 3.63) is 23.3 Å². The van der Waals surface area contributed by atoms with Gasteiger partial charge in [0.25, 0.3) is 0 Å². The molecule has 0 amide bonds. The first-order chi connectivity index (χ1) is 8.78. The van der Waals surface area contributed by atoms with Gasteiger partial charge in [0.1, 0.15) is 28.2 Å². The highest BCUT2D eigenvalue weighted by molar-refractivity contribution is 8.18. The lowest BCUT2D eigenvalue weighted by Gasteiger charge is -2.29. The molecule has 0 unspecified atom stereocenters. The van der Waals surface area contributed by atoms with Gasteiger partial charge in [0.2, 0.25) is 0 Å². The molecule has 114 valence electrons. The molecule has 0 spiro atoms. The number of hydrogen-bond donors (Lipinski definition) is 1. The molecule has 1 aromatic rings. The van der Waals surface area contributed by atoms with E-state index in [1.165, 1.54) is 0 Å². The molecule has 0 aliphatic carbocycles. The summed E-state index contributed by atoms with van der Waals surface area (Å²) >= 11 is 12.3. The number of methoxy groups -OCH3 is 1. The van der Waals surface area contributed by atoms with Crippen LogP contribution in [0.2, 0.25) is 0 Å². The topological polar surface area (TPSA) is 29.5 Å². The Hall–Kier alpha value is -0.0100. The molecule has 0 bridgehead atoms. The smallest absolute Gasteiger partial charge is 0.369 e. The van der Waals surface area contributed by atoms with Crippen LogP contribution in [0.1, 0.15) is 52.7 Å². The normalized spacial score (nSPS) is 13.5. The molecule has 0 atom stereocenters. The van der Waals surface area contributed by atoms with Gasteiger partial charge >= 0.3 is 6.19 Å². The largest absolute Gasteiger partial charge is 0.497 e. The fourth-order valence-corrected chi connectivity index (χ4v) is 4.63. The van der Waals surface area contributed by atoms with Crippen molar-refractivity contribution in [1.29, 1.82) is 0 Å². The van der Waals surface area contributed by atoms with Gasteiger partial charge in [0.05, 0.1) is 7.11 Å². The number of rotatable bonds is 2. The van der Waals surface area contributed by atoms with E-state index in [0.29, 0.717) is 5.30 Å². The SMILES string of the molecule is COc1cc(C(C)(C)C)c([P+](O)(Cl)Cl)c(C(C)(C)C)c1. The average molecular weight is 338 g/mol. The second-order valence-electron chi connectivity index (χ2n) is 7.06.